The van der Waals surface area contributed by atoms with E-state index in [1.165, 1.54) is 11.3 Å². The number of methoxy groups -OCH3 is 1. The van der Waals surface area contributed by atoms with Crippen molar-refractivity contribution in [3.05, 3.63) is 53.1 Å². The van der Waals surface area contributed by atoms with Crippen molar-refractivity contribution in [2.24, 2.45) is 0 Å². The number of aromatic nitrogens is 3. The quantitative estimate of drug-likeness (QED) is 0.787. The van der Waals surface area contributed by atoms with Gasteiger partial charge in [0.1, 0.15) is 11.4 Å². The lowest BCUT2D eigenvalue weighted by Crippen LogP contribution is -2.14. The lowest BCUT2D eigenvalue weighted by Gasteiger charge is -2.11. The summed E-state index contributed by atoms with van der Waals surface area (Å²) in [6.07, 6.45) is 5.02. The average Bonchev–Trinajstić information content (AvgIpc) is 2.99. The second-order valence-electron chi connectivity index (χ2n) is 5.21. The molecule has 0 saturated heterocycles. The van der Waals surface area contributed by atoms with Gasteiger partial charge in [-0.2, -0.15) is 0 Å². The van der Waals surface area contributed by atoms with Crippen LogP contribution in [0.25, 0.3) is 11.1 Å². The number of anilines is 1. The maximum Gasteiger partial charge on any atom is 0.276 e. The van der Waals surface area contributed by atoms with Gasteiger partial charge < -0.3 is 4.74 Å². The molecule has 3 heterocycles. The van der Waals surface area contributed by atoms with E-state index in [0.717, 1.165) is 22.4 Å². The Bertz CT molecular complexity index is 892. The SMILES string of the molecule is COc1cnc(C(=O)Nc2nc(C)cs2)cc1-c1cnccc1C. The Labute approximate surface area is 143 Å². The minimum atomic E-state index is -0.310. The van der Waals surface area contributed by atoms with Gasteiger partial charge in [-0.3, -0.25) is 15.1 Å². The number of nitrogens with zero attached hydrogens (tertiary/aromatic N) is 3. The van der Waals surface area contributed by atoms with Gasteiger partial charge in [-0.1, -0.05) is 0 Å². The third-order valence-electron chi connectivity index (χ3n) is 3.49. The van der Waals surface area contributed by atoms with E-state index in [1.54, 1.807) is 31.8 Å². The van der Waals surface area contributed by atoms with Crippen molar-refractivity contribution in [3.63, 3.8) is 0 Å². The zero-order chi connectivity index (χ0) is 17.1. The maximum atomic E-state index is 12.4. The zero-order valence-corrected chi connectivity index (χ0v) is 14.3. The van der Waals surface area contributed by atoms with E-state index in [4.69, 9.17) is 4.74 Å². The first-order valence-corrected chi connectivity index (χ1v) is 8.15. The summed E-state index contributed by atoms with van der Waals surface area (Å²) in [5.74, 6) is 0.280. The van der Waals surface area contributed by atoms with Crippen molar-refractivity contribution >= 4 is 22.4 Å². The van der Waals surface area contributed by atoms with Crippen LogP contribution in [0.4, 0.5) is 5.13 Å². The van der Waals surface area contributed by atoms with Gasteiger partial charge in [0.05, 0.1) is 19.0 Å². The Balaban J connectivity index is 1.97. The van der Waals surface area contributed by atoms with Gasteiger partial charge in [0.15, 0.2) is 5.13 Å². The van der Waals surface area contributed by atoms with E-state index >= 15 is 0 Å². The summed E-state index contributed by atoms with van der Waals surface area (Å²) in [7, 11) is 1.57. The highest BCUT2D eigenvalue weighted by molar-refractivity contribution is 7.13. The maximum absolute atomic E-state index is 12.4. The molecule has 7 heteroatoms. The van der Waals surface area contributed by atoms with Gasteiger partial charge in [0.2, 0.25) is 0 Å². The number of aryl methyl sites for hydroxylation is 2. The molecule has 0 saturated carbocycles. The summed E-state index contributed by atoms with van der Waals surface area (Å²) >= 11 is 1.38. The second kappa shape index (κ2) is 6.76. The molecule has 0 aliphatic carbocycles. The Kier molecular flexibility index (Phi) is 4.52. The molecular weight excluding hydrogens is 324 g/mol. The third-order valence-corrected chi connectivity index (χ3v) is 4.36. The minimum absolute atomic E-state index is 0.293. The van der Waals surface area contributed by atoms with Gasteiger partial charge in [0.25, 0.3) is 5.91 Å². The van der Waals surface area contributed by atoms with E-state index in [-0.39, 0.29) is 5.91 Å². The van der Waals surface area contributed by atoms with Crippen LogP contribution in [0, 0.1) is 13.8 Å². The van der Waals surface area contributed by atoms with Crippen LogP contribution in [0.2, 0.25) is 0 Å². The van der Waals surface area contributed by atoms with Gasteiger partial charge in [-0.05, 0) is 31.5 Å². The van der Waals surface area contributed by atoms with Crippen molar-refractivity contribution in [1.29, 1.82) is 0 Å². The van der Waals surface area contributed by atoms with Crippen LogP contribution in [-0.4, -0.2) is 28.0 Å². The highest BCUT2D eigenvalue weighted by Gasteiger charge is 2.15. The molecule has 3 aromatic heterocycles. The standard InChI is InChI=1S/C17H16N4O2S/c1-10-4-5-18-7-13(10)12-6-14(19-8-15(12)23-3)16(22)21-17-20-11(2)9-24-17/h4-9H,1-3H3,(H,20,21,22). The normalized spacial score (nSPS) is 10.5. The molecule has 3 aromatic rings. The number of rotatable bonds is 4. The molecule has 0 fully saturated rings. The number of thiazole rings is 1. The van der Waals surface area contributed by atoms with Crippen molar-refractivity contribution in [1.82, 2.24) is 15.0 Å². The van der Waals surface area contributed by atoms with Gasteiger partial charge in [-0.15, -0.1) is 11.3 Å². The first kappa shape index (κ1) is 16.1. The van der Waals surface area contributed by atoms with Crippen molar-refractivity contribution in [3.8, 4) is 16.9 Å². The molecule has 0 atom stereocenters. The molecule has 0 bridgehead atoms. The molecule has 3 rings (SSSR count). The Morgan fingerprint density at radius 3 is 2.75 bits per heavy atom. The molecule has 122 valence electrons. The van der Waals surface area contributed by atoms with Crippen molar-refractivity contribution in [2.75, 3.05) is 12.4 Å². The van der Waals surface area contributed by atoms with E-state index in [2.05, 4.69) is 20.3 Å². The van der Waals surface area contributed by atoms with E-state index < -0.39 is 0 Å². The monoisotopic (exact) mass is 340 g/mol. The van der Waals surface area contributed by atoms with Crippen LogP contribution in [0.1, 0.15) is 21.7 Å². The smallest absolute Gasteiger partial charge is 0.276 e. The second-order valence-corrected chi connectivity index (χ2v) is 6.07. The van der Waals surface area contributed by atoms with Crippen LogP contribution in [0.5, 0.6) is 5.75 Å². The first-order chi connectivity index (χ1) is 11.6. The Hall–Kier alpha value is -2.80. The number of amides is 1. The summed E-state index contributed by atoms with van der Waals surface area (Å²) in [5.41, 5.74) is 3.87. The lowest BCUT2D eigenvalue weighted by molar-refractivity contribution is 0.102. The number of nitrogens with one attached hydrogen (secondary N) is 1. The number of carbonyl (C=O) groups is 1. The number of ether oxygens (including phenoxy) is 1. The molecule has 0 aliphatic rings. The fourth-order valence-electron chi connectivity index (χ4n) is 2.26. The van der Waals surface area contributed by atoms with Crippen LogP contribution in [-0.2, 0) is 0 Å². The molecule has 24 heavy (non-hydrogen) atoms. The van der Waals surface area contributed by atoms with Gasteiger partial charge >= 0.3 is 0 Å². The average molecular weight is 340 g/mol. The summed E-state index contributed by atoms with van der Waals surface area (Å²) < 4.78 is 5.38. The van der Waals surface area contributed by atoms with Crippen LogP contribution < -0.4 is 10.1 Å². The van der Waals surface area contributed by atoms with Crippen molar-refractivity contribution < 1.29 is 9.53 Å². The molecular formula is C17H16N4O2S. The molecule has 6 nitrogen and oxygen atoms in total. The number of pyridine rings is 2. The van der Waals surface area contributed by atoms with Gasteiger partial charge in [-0.25, -0.2) is 9.97 Å². The molecule has 0 spiro atoms. The van der Waals surface area contributed by atoms with Crippen LogP contribution >= 0.6 is 11.3 Å². The summed E-state index contributed by atoms with van der Waals surface area (Å²) in [6, 6.07) is 3.62. The van der Waals surface area contributed by atoms with Crippen LogP contribution in [0.15, 0.2) is 36.1 Å². The minimum Gasteiger partial charge on any atom is -0.494 e. The number of hydrogen-bond acceptors (Lipinski definition) is 6. The lowest BCUT2D eigenvalue weighted by atomic mass is 10.0. The highest BCUT2D eigenvalue weighted by Crippen LogP contribution is 2.31. The summed E-state index contributed by atoms with van der Waals surface area (Å²) in [4.78, 5) is 25.0. The topological polar surface area (TPSA) is 77.0 Å². The van der Waals surface area contributed by atoms with Gasteiger partial charge in [0, 0.05) is 28.9 Å². The van der Waals surface area contributed by atoms with Crippen molar-refractivity contribution in [2.45, 2.75) is 13.8 Å². The molecule has 0 aromatic carbocycles. The van der Waals surface area contributed by atoms with Crippen LogP contribution in [0.3, 0.4) is 0 Å². The fourth-order valence-corrected chi connectivity index (χ4v) is 2.94. The predicted molar refractivity (Wildman–Crippen MR) is 93.6 cm³/mol. The molecule has 0 unspecified atom stereocenters. The molecule has 1 amide bonds. The first-order valence-electron chi connectivity index (χ1n) is 7.27. The molecule has 1 N–H and O–H groups in total. The number of hydrogen-bond donors (Lipinski definition) is 1. The van der Waals surface area contributed by atoms with E-state index in [1.807, 2.05) is 25.3 Å². The zero-order valence-electron chi connectivity index (χ0n) is 13.5. The largest absolute Gasteiger partial charge is 0.494 e. The van der Waals surface area contributed by atoms with E-state index in [9.17, 15) is 4.79 Å². The molecule has 0 aliphatic heterocycles. The van der Waals surface area contributed by atoms with E-state index in [0.29, 0.717) is 16.6 Å². The molecule has 0 radical (unpaired) electrons. The third kappa shape index (κ3) is 3.26. The summed E-state index contributed by atoms with van der Waals surface area (Å²) in [6.45, 7) is 3.86. The highest BCUT2D eigenvalue weighted by atomic mass is 32.1. The predicted octanol–water partition coefficient (Wildman–Crippen LogP) is 3.48. The Morgan fingerprint density at radius 1 is 1.25 bits per heavy atom. The summed E-state index contributed by atoms with van der Waals surface area (Å²) in [5, 5.41) is 5.19. The fraction of sp³-hybridized carbons (Fsp3) is 0.176. The number of carbonyl (C=O) groups excluding carboxylic acids is 1. The Morgan fingerprint density at radius 2 is 2.08 bits per heavy atom.